The van der Waals surface area contributed by atoms with Crippen molar-refractivity contribution in [3.8, 4) is 0 Å². The number of ether oxygens (including phenoxy) is 1. The fourth-order valence-corrected chi connectivity index (χ4v) is 2.53. The quantitative estimate of drug-likeness (QED) is 0.756. The molecule has 0 aliphatic rings. The molecule has 0 radical (unpaired) electrons. The Morgan fingerprint density at radius 2 is 1.79 bits per heavy atom. The Labute approximate surface area is 150 Å². The smallest absolute Gasteiger partial charge is 0.313 e. The van der Waals surface area contributed by atoms with Crippen molar-refractivity contribution in [1.82, 2.24) is 0 Å². The second-order valence-corrected chi connectivity index (χ2v) is 5.97. The Balaban J connectivity index is 1.90. The summed E-state index contributed by atoms with van der Waals surface area (Å²) in [5, 5.41) is 3.34. The van der Waals surface area contributed by atoms with E-state index >= 15 is 0 Å². The highest BCUT2D eigenvalue weighted by Gasteiger charge is 2.21. The SMILES string of the molecule is CC[C@H](C(=O)OCC(=O)Nc1ccc(Cl)c(Cl)c1)c1ccccc1. The van der Waals surface area contributed by atoms with Gasteiger partial charge in [0.25, 0.3) is 5.91 Å². The summed E-state index contributed by atoms with van der Waals surface area (Å²) in [7, 11) is 0. The summed E-state index contributed by atoms with van der Waals surface area (Å²) in [5.74, 6) is -1.25. The molecule has 2 aromatic rings. The molecule has 4 nitrogen and oxygen atoms in total. The number of hydrogen-bond acceptors (Lipinski definition) is 3. The number of rotatable bonds is 6. The van der Waals surface area contributed by atoms with E-state index in [1.807, 2.05) is 37.3 Å². The summed E-state index contributed by atoms with van der Waals surface area (Å²) in [6, 6.07) is 14.1. The maximum Gasteiger partial charge on any atom is 0.313 e. The molecule has 0 aliphatic carbocycles. The molecule has 0 saturated carbocycles. The lowest BCUT2D eigenvalue weighted by molar-refractivity contribution is -0.149. The monoisotopic (exact) mass is 365 g/mol. The molecular weight excluding hydrogens is 349 g/mol. The number of nitrogens with one attached hydrogen (secondary N) is 1. The average molecular weight is 366 g/mol. The van der Waals surface area contributed by atoms with E-state index in [2.05, 4.69) is 5.32 Å². The lowest BCUT2D eigenvalue weighted by atomic mass is 9.97. The Morgan fingerprint density at radius 3 is 2.42 bits per heavy atom. The normalized spacial score (nSPS) is 11.6. The van der Waals surface area contributed by atoms with Crippen LogP contribution in [0.25, 0.3) is 0 Å². The lowest BCUT2D eigenvalue weighted by Gasteiger charge is -2.14. The predicted molar refractivity (Wildman–Crippen MR) is 95.5 cm³/mol. The van der Waals surface area contributed by atoms with Crippen molar-refractivity contribution in [3.63, 3.8) is 0 Å². The van der Waals surface area contributed by atoms with Crippen molar-refractivity contribution >= 4 is 40.8 Å². The zero-order valence-corrected chi connectivity index (χ0v) is 14.6. The highest BCUT2D eigenvalue weighted by Crippen LogP contribution is 2.25. The van der Waals surface area contributed by atoms with Gasteiger partial charge in [-0.25, -0.2) is 0 Å². The van der Waals surface area contributed by atoms with Crippen LogP contribution in [0.1, 0.15) is 24.8 Å². The summed E-state index contributed by atoms with van der Waals surface area (Å²) < 4.78 is 5.13. The molecule has 126 valence electrons. The van der Waals surface area contributed by atoms with E-state index in [4.69, 9.17) is 27.9 Å². The van der Waals surface area contributed by atoms with E-state index in [0.29, 0.717) is 22.2 Å². The van der Waals surface area contributed by atoms with Crippen molar-refractivity contribution in [3.05, 3.63) is 64.1 Å². The maximum absolute atomic E-state index is 12.2. The van der Waals surface area contributed by atoms with Gasteiger partial charge in [0.1, 0.15) is 0 Å². The van der Waals surface area contributed by atoms with Gasteiger partial charge in [-0.2, -0.15) is 0 Å². The summed E-state index contributed by atoms with van der Waals surface area (Å²) in [6.07, 6.45) is 0.595. The number of esters is 1. The van der Waals surface area contributed by atoms with E-state index in [1.165, 1.54) is 6.07 Å². The first-order valence-electron chi connectivity index (χ1n) is 7.47. The zero-order chi connectivity index (χ0) is 17.5. The molecule has 6 heteroatoms. The first-order valence-corrected chi connectivity index (χ1v) is 8.23. The summed E-state index contributed by atoms with van der Waals surface area (Å²) in [4.78, 5) is 24.1. The van der Waals surface area contributed by atoms with Crippen molar-refractivity contribution < 1.29 is 14.3 Å². The van der Waals surface area contributed by atoms with Gasteiger partial charge in [0, 0.05) is 5.69 Å². The third kappa shape index (κ3) is 4.98. The second kappa shape index (κ2) is 8.71. The standard InChI is InChI=1S/C18H17Cl2NO3/c1-2-14(12-6-4-3-5-7-12)18(23)24-11-17(22)21-13-8-9-15(19)16(20)10-13/h3-10,14H,2,11H2,1H3,(H,21,22)/t14-/m0/s1. The average Bonchev–Trinajstić information content (AvgIpc) is 2.58. The third-order valence-electron chi connectivity index (χ3n) is 3.44. The summed E-state index contributed by atoms with van der Waals surface area (Å²) in [6.45, 7) is 1.54. The fraction of sp³-hybridized carbons (Fsp3) is 0.222. The minimum Gasteiger partial charge on any atom is -0.455 e. The fourth-order valence-electron chi connectivity index (χ4n) is 2.23. The first kappa shape index (κ1) is 18.3. The predicted octanol–water partition coefficient (Wildman–Crippen LogP) is 4.67. The minimum absolute atomic E-state index is 0.335. The Bertz CT molecular complexity index is 719. The Hall–Kier alpha value is -2.04. The number of amides is 1. The molecule has 0 spiro atoms. The van der Waals surface area contributed by atoms with Crippen LogP contribution in [0.2, 0.25) is 10.0 Å². The van der Waals surface area contributed by atoms with Gasteiger partial charge in [-0.05, 0) is 30.2 Å². The highest BCUT2D eigenvalue weighted by molar-refractivity contribution is 6.42. The molecule has 0 aromatic heterocycles. The van der Waals surface area contributed by atoms with Crippen molar-refractivity contribution in [2.24, 2.45) is 0 Å². The van der Waals surface area contributed by atoms with Crippen LogP contribution in [0.15, 0.2) is 48.5 Å². The van der Waals surface area contributed by atoms with E-state index in [-0.39, 0.29) is 12.5 Å². The number of anilines is 1. The Morgan fingerprint density at radius 1 is 1.08 bits per heavy atom. The van der Waals surface area contributed by atoms with Crippen molar-refractivity contribution in [2.75, 3.05) is 11.9 Å². The van der Waals surface area contributed by atoms with E-state index in [9.17, 15) is 9.59 Å². The summed E-state index contributed by atoms with van der Waals surface area (Å²) in [5.41, 5.74) is 1.36. The second-order valence-electron chi connectivity index (χ2n) is 5.16. The van der Waals surface area contributed by atoms with Gasteiger partial charge in [0.2, 0.25) is 0 Å². The highest BCUT2D eigenvalue weighted by atomic mass is 35.5. The lowest BCUT2D eigenvalue weighted by Crippen LogP contribution is -2.23. The molecule has 0 saturated heterocycles. The van der Waals surface area contributed by atoms with Crippen molar-refractivity contribution in [1.29, 1.82) is 0 Å². The van der Waals surface area contributed by atoms with Crippen LogP contribution in [-0.2, 0) is 14.3 Å². The number of hydrogen-bond donors (Lipinski definition) is 1. The number of halogens is 2. The Kier molecular flexibility index (Phi) is 6.64. The topological polar surface area (TPSA) is 55.4 Å². The van der Waals surface area contributed by atoms with Gasteiger partial charge < -0.3 is 10.1 Å². The largest absolute Gasteiger partial charge is 0.455 e. The van der Waals surface area contributed by atoms with Gasteiger partial charge in [0.05, 0.1) is 16.0 Å². The van der Waals surface area contributed by atoms with E-state index in [0.717, 1.165) is 5.56 Å². The van der Waals surface area contributed by atoms with Crippen LogP contribution in [0.5, 0.6) is 0 Å². The molecule has 1 amide bonds. The van der Waals surface area contributed by atoms with Crippen LogP contribution in [-0.4, -0.2) is 18.5 Å². The van der Waals surface area contributed by atoms with Gasteiger partial charge in [-0.15, -0.1) is 0 Å². The molecule has 1 N–H and O–H groups in total. The molecule has 24 heavy (non-hydrogen) atoms. The van der Waals surface area contributed by atoms with Gasteiger partial charge >= 0.3 is 5.97 Å². The van der Waals surface area contributed by atoms with Crippen LogP contribution in [0.3, 0.4) is 0 Å². The third-order valence-corrected chi connectivity index (χ3v) is 4.18. The maximum atomic E-state index is 12.2. The molecule has 0 aliphatic heterocycles. The van der Waals surface area contributed by atoms with Crippen molar-refractivity contribution in [2.45, 2.75) is 19.3 Å². The molecule has 0 heterocycles. The molecule has 0 bridgehead atoms. The van der Waals surface area contributed by atoms with E-state index < -0.39 is 11.9 Å². The van der Waals surface area contributed by atoms with Gasteiger partial charge in [0.15, 0.2) is 6.61 Å². The molecule has 2 aromatic carbocycles. The van der Waals surface area contributed by atoms with Crippen LogP contribution in [0.4, 0.5) is 5.69 Å². The van der Waals surface area contributed by atoms with Gasteiger partial charge in [-0.3, -0.25) is 9.59 Å². The molecule has 0 unspecified atom stereocenters. The number of carbonyl (C=O) groups excluding carboxylic acids is 2. The van der Waals surface area contributed by atoms with Crippen LogP contribution >= 0.6 is 23.2 Å². The number of benzene rings is 2. The molecule has 1 atom stereocenters. The molecule has 0 fully saturated rings. The van der Waals surface area contributed by atoms with E-state index in [1.54, 1.807) is 12.1 Å². The minimum atomic E-state index is -0.440. The van der Waals surface area contributed by atoms with Crippen LogP contribution in [0, 0.1) is 0 Å². The zero-order valence-electron chi connectivity index (χ0n) is 13.1. The molecule has 2 rings (SSSR count). The first-order chi connectivity index (χ1) is 11.5. The summed E-state index contributed by atoms with van der Waals surface area (Å²) >= 11 is 11.7. The number of carbonyl (C=O) groups is 2. The molecular formula is C18H17Cl2NO3. The van der Waals surface area contributed by atoms with Gasteiger partial charge in [-0.1, -0.05) is 60.5 Å². The van der Waals surface area contributed by atoms with Crippen LogP contribution < -0.4 is 5.32 Å².